The number of ether oxygens (including phenoxy) is 2. The van der Waals surface area contributed by atoms with Crippen molar-refractivity contribution in [1.82, 2.24) is 0 Å². The lowest BCUT2D eigenvalue weighted by atomic mass is 10.1. The average molecular weight is 501 g/mol. The number of carbonyl (C=O) groups excluding carboxylic acids is 2. The molecule has 0 spiro atoms. The number of aliphatic hydroxyl groups is 1. The number of hydrogen-bond acceptors (Lipinski definition) is 7. The maximum atomic E-state index is 11.8. The molecule has 0 saturated carbocycles. The van der Waals surface area contributed by atoms with Crippen molar-refractivity contribution in [2.45, 2.75) is 84.2 Å². The molecule has 198 valence electrons. The van der Waals surface area contributed by atoms with Crippen molar-refractivity contribution in [3.8, 4) is 0 Å². The number of phosphoric ester groups is 1. The number of rotatable bonds is 18. The summed E-state index contributed by atoms with van der Waals surface area (Å²) in [6, 6.07) is 0. The van der Waals surface area contributed by atoms with Gasteiger partial charge in [0.1, 0.15) is 13.2 Å². The van der Waals surface area contributed by atoms with E-state index in [1.165, 1.54) is 0 Å². The third-order valence-corrected chi connectivity index (χ3v) is 4.88. The number of esters is 2. The first-order valence-corrected chi connectivity index (χ1v) is 13.3. The Morgan fingerprint density at radius 1 is 0.848 bits per heavy atom. The summed E-state index contributed by atoms with van der Waals surface area (Å²) in [4.78, 5) is 41.1. The van der Waals surface area contributed by atoms with Crippen molar-refractivity contribution in [1.29, 1.82) is 0 Å². The van der Waals surface area contributed by atoms with E-state index in [0.29, 0.717) is 12.8 Å². The summed E-state index contributed by atoms with van der Waals surface area (Å²) in [5.74, 6) is -0.930. The van der Waals surface area contributed by atoms with Crippen LogP contribution in [0.5, 0.6) is 0 Å². The van der Waals surface area contributed by atoms with Gasteiger partial charge in [-0.25, -0.2) is 4.57 Å². The van der Waals surface area contributed by atoms with Crippen molar-refractivity contribution < 1.29 is 47.5 Å². The van der Waals surface area contributed by atoms with Crippen LogP contribution in [0, 0.1) is 0 Å². The fourth-order valence-electron chi connectivity index (χ4n) is 2.49. The number of nitrogens with zero attached hydrogens (tertiary/aromatic N) is 1. The molecule has 3 N–H and O–H groups in total. The topological polar surface area (TPSA) is 140 Å². The highest BCUT2D eigenvalue weighted by Crippen LogP contribution is 2.35. The zero-order valence-corrected chi connectivity index (χ0v) is 22.1. The minimum Gasteiger partial charge on any atom is -0.462 e. The molecular weight excluding hydrogens is 453 g/mol. The van der Waals surface area contributed by atoms with Gasteiger partial charge in [-0.2, -0.15) is 0 Å². The standard InChI is InChI=1S/C17H33O8P.C5H14NO/c1-3-5-7-9-11-16(18)23-13-15(14-24-26(20,21)22)25-17(19)12-10-8-6-4-2;1-6(2,3)4-5-7/h15H,3-14H2,1-2H3,(H2,20,21,22);7H,4-5H2,1-3H3/q;+1/t15-;/m1./s1. The predicted molar refractivity (Wildman–Crippen MR) is 126 cm³/mol. The number of quaternary nitrogens is 1. The average Bonchev–Trinajstić information content (AvgIpc) is 2.69. The highest BCUT2D eigenvalue weighted by molar-refractivity contribution is 7.46. The fraction of sp³-hybridized carbons (Fsp3) is 0.909. The van der Waals surface area contributed by atoms with E-state index in [9.17, 15) is 14.2 Å². The van der Waals surface area contributed by atoms with E-state index in [-0.39, 0.29) is 26.1 Å². The smallest absolute Gasteiger partial charge is 0.462 e. The van der Waals surface area contributed by atoms with Crippen LogP contribution in [0.15, 0.2) is 0 Å². The second kappa shape index (κ2) is 20.4. The monoisotopic (exact) mass is 500 g/mol. The molecule has 0 aromatic heterocycles. The second-order valence-electron chi connectivity index (χ2n) is 8.94. The minimum absolute atomic E-state index is 0.206. The molecule has 0 bridgehead atoms. The molecule has 0 aliphatic carbocycles. The summed E-state index contributed by atoms with van der Waals surface area (Å²) < 4.78 is 26.2. The lowest BCUT2D eigenvalue weighted by Crippen LogP contribution is -2.36. The van der Waals surface area contributed by atoms with Crippen LogP contribution >= 0.6 is 7.82 Å². The van der Waals surface area contributed by atoms with Gasteiger partial charge in [0.2, 0.25) is 0 Å². The number of unbranched alkanes of at least 4 members (excludes halogenated alkanes) is 6. The highest BCUT2D eigenvalue weighted by Gasteiger charge is 2.22. The number of carbonyl (C=O) groups is 2. The van der Waals surface area contributed by atoms with Gasteiger partial charge in [0.15, 0.2) is 6.10 Å². The zero-order chi connectivity index (χ0) is 25.8. The second-order valence-corrected chi connectivity index (χ2v) is 10.2. The Morgan fingerprint density at radius 3 is 1.76 bits per heavy atom. The molecule has 10 nitrogen and oxygen atoms in total. The van der Waals surface area contributed by atoms with Crippen molar-refractivity contribution in [2.24, 2.45) is 0 Å². The van der Waals surface area contributed by atoms with E-state index >= 15 is 0 Å². The Kier molecular flexibility index (Phi) is 21.1. The molecule has 0 aromatic rings. The Hall–Kier alpha value is -1.03. The van der Waals surface area contributed by atoms with E-state index in [2.05, 4.69) is 39.5 Å². The van der Waals surface area contributed by atoms with E-state index in [0.717, 1.165) is 49.6 Å². The SMILES string of the molecule is CCCCCCC(=O)OC[C@H](COP(=O)(O)O)OC(=O)CCCCCC.C[N+](C)(C)CCO. The third kappa shape index (κ3) is 28.9. The lowest BCUT2D eigenvalue weighted by Gasteiger charge is -2.21. The quantitative estimate of drug-likeness (QED) is 0.112. The largest absolute Gasteiger partial charge is 0.469 e. The van der Waals surface area contributed by atoms with Gasteiger partial charge in [-0.05, 0) is 12.8 Å². The van der Waals surface area contributed by atoms with E-state index < -0.39 is 32.5 Å². The van der Waals surface area contributed by atoms with Gasteiger partial charge < -0.3 is 28.9 Å². The Balaban J connectivity index is 0. The third-order valence-electron chi connectivity index (χ3n) is 4.40. The summed E-state index contributed by atoms with van der Waals surface area (Å²) in [6.45, 7) is 4.43. The van der Waals surface area contributed by atoms with Crippen LogP contribution in [0.3, 0.4) is 0 Å². The van der Waals surface area contributed by atoms with E-state index in [1.54, 1.807) is 0 Å². The van der Waals surface area contributed by atoms with Crippen LogP contribution in [-0.4, -0.2) is 84.9 Å². The van der Waals surface area contributed by atoms with Crippen molar-refractivity contribution in [3.05, 3.63) is 0 Å². The van der Waals surface area contributed by atoms with Crippen LogP contribution in [0.4, 0.5) is 0 Å². The number of hydrogen-bond donors (Lipinski definition) is 3. The predicted octanol–water partition coefficient (Wildman–Crippen LogP) is 3.18. The Labute approximate surface area is 199 Å². The van der Waals surface area contributed by atoms with Crippen LogP contribution in [-0.2, 0) is 28.2 Å². The zero-order valence-electron chi connectivity index (χ0n) is 21.2. The van der Waals surface area contributed by atoms with Gasteiger partial charge in [-0.15, -0.1) is 0 Å². The molecule has 0 aliphatic rings. The molecule has 0 saturated heterocycles. The lowest BCUT2D eigenvalue weighted by molar-refractivity contribution is -0.870. The maximum Gasteiger partial charge on any atom is 0.469 e. The molecule has 1 atom stereocenters. The highest BCUT2D eigenvalue weighted by atomic mass is 31.2. The molecule has 0 heterocycles. The summed E-state index contributed by atoms with van der Waals surface area (Å²) >= 11 is 0. The summed E-state index contributed by atoms with van der Waals surface area (Å²) in [5.41, 5.74) is 0. The summed E-state index contributed by atoms with van der Waals surface area (Å²) in [5, 5.41) is 8.39. The van der Waals surface area contributed by atoms with E-state index in [4.69, 9.17) is 24.4 Å². The van der Waals surface area contributed by atoms with Crippen molar-refractivity contribution in [2.75, 3.05) is 47.5 Å². The molecule has 0 amide bonds. The summed E-state index contributed by atoms with van der Waals surface area (Å²) in [6.07, 6.45) is 6.83. The molecule has 11 heteroatoms. The van der Waals surface area contributed by atoms with Crippen molar-refractivity contribution >= 4 is 19.8 Å². The number of phosphoric acid groups is 1. The van der Waals surface area contributed by atoms with E-state index in [1.807, 2.05) is 0 Å². The fourth-order valence-corrected chi connectivity index (χ4v) is 2.85. The molecule has 0 aromatic carbocycles. The van der Waals surface area contributed by atoms with Gasteiger partial charge in [-0.3, -0.25) is 14.1 Å². The van der Waals surface area contributed by atoms with Crippen LogP contribution < -0.4 is 0 Å². The molecule has 0 rings (SSSR count). The first-order valence-electron chi connectivity index (χ1n) is 11.8. The number of likely N-dealkylation sites (N-methyl/N-ethyl adjacent to an activating group) is 1. The molecule has 0 fully saturated rings. The molecule has 0 radical (unpaired) electrons. The first-order chi connectivity index (χ1) is 15.3. The maximum absolute atomic E-state index is 11.8. The minimum atomic E-state index is -4.70. The first kappa shape index (κ1) is 34.1. The van der Waals surface area contributed by atoms with Gasteiger partial charge >= 0.3 is 19.8 Å². The van der Waals surface area contributed by atoms with Gasteiger partial charge in [0.25, 0.3) is 0 Å². The van der Waals surface area contributed by atoms with Crippen molar-refractivity contribution in [3.63, 3.8) is 0 Å². The van der Waals surface area contributed by atoms with Gasteiger partial charge in [0.05, 0.1) is 34.4 Å². The van der Waals surface area contributed by atoms with Crippen LogP contribution in [0.25, 0.3) is 0 Å². The molecular formula is C22H47NO9P+. The Bertz CT molecular complexity index is 546. The normalized spacial score (nSPS) is 12.5. The number of aliphatic hydroxyl groups excluding tert-OH is 1. The molecule has 0 unspecified atom stereocenters. The van der Waals surface area contributed by atoms with Gasteiger partial charge in [0, 0.05) is 12.8 Å². The molecule has 33 heavy (non-hydrogen) atoms. The van der Waals surface area contributed by atoms with Crippen LogP contribution in [0.2, 0.25) is 0 Å². The Morgan fingerprint density at radius 2 is 1.36 bits per heavy atom. The van der Waals surface area contributed by atoms with Gasteiger partial charge in [-0.1, -0.05) is 52.4 Å². The van der Waals surface area contributed by atoms with Crippen LogP contribution in [0.1, 0.15) is 78.1 Å². The summed E-state index contributed by atoms with van der Waals surface area (Å²) in [7, 11) is 1.46. The molecule has 0 aliphatic heterocycles.